The maximum atomic E-state index is 9.08. The van der Waals surface area contributed by atoms with Crippen molar-refractivity contribution in [3.63, 3.8) is 0 Å². The van der Waals surface area contributed by atoms with E-state index in [0.717, 1.165) is 5.56 Å². The summed E-state index contributed by atoms with van der Waals surface area (Å²) >= 11 is 0. The maximum absolute atomic E-state index is 9.08. The van der Waals surface area contributed by atoms with Crippen molar-refractivity contribution < 1.29 is 19.3 Å². The first-order valence-corrected chi connectivity index (χ1v) is 5.80. The Morgan fingerprint density at radius 2 is 1.78 bits per heavy atom. The molecule has 2 N–H and O–H groups in total. The van der Waals surface area contributed by atoms with Crippen LogP contribution in [0.25, 0.3) is 0 Å². The van der Waals surface area contributed by atoms with Crippen LogP contribution in [0.15, 0.2) is 12.1 Å². The lowest BCUT2D eigenvalue weighted by atomic mass is 10.0. The van der Waals surface area contributed by atoms with Crippen LogP contribution in [0.4, 0.5) is 0 Å². The second-order valence-corrected chi connectivity index (χ2v) is 3.78. The fraction of sp³-hybridized carbons (Fsp3) is 0.538. The van der Waals surface area contributed by atoms with Gasteiger partial charge >= 0.3 is 0 Å². The van der Waals surface area contributed by atoms with E-state index in [0.29, 0.717) is 23.7 Å². The van der Waals surface area contributed by atoms with Crippen LogP contribution < -0.4 is 19.5 Å². The number of benzene rings is 1. The van der Waals surface area contributed by atoms with Crippen molar-refractivity contribution in [2.24, 2.45) is 0 Å². The third kappa shape index (κ3) is 2.86. The van der Waals surface area contributed by atoms with Gasteiger partial charge in [0.1, 0.15) is 0 Å². The van der Waals surface area contributed by atoms with Gasteiger partial charge in [-0.05, 0) is 25.6 Å². The molecule has 102 valence electrons. The summed E-state index contributed by atoms with van der Waals surface area (Å²) in [5.74, 6) is 1.82. The fourth-order valence-corrected chi connectivity index (χ4v) is 1.98. The Morgan fingerprint density at radius 1 is 1.11 bits per heavy atom. The first kappa shape index (κ1) is 14.6. The van der Waals surface area contributed by atoms with Gasteiger partial charge in [-0.25, -0.2) is 0 Å². The minimum Gasteiger partial charge on any atom is -0.493 e. The Labute approximate surface area is 108 Å². The van der Waals surface area contributed by atoms with E-state index in [1.165, 1.54) is 0 Å². The molecule has 5 heteroatoms. The molecule has 1 aromatic carbocycles. The van der Waals surface area contributed by atoms with E-state index in [4.69, 9.17) is 19.3 Å². The number of methoxy groups -OCH3 is 3. The molecule has 0 radical (unpaired) electrons. The van der Waals surface area contributed by atoms with Gasteiger partial charge in [0.05, 0.1) is 21.3 Å². The molecule has 0 saturated carbocycles. The van der Waals surface area contributed by atoms with Crippen molar-refractivity contribution >= 4 is 0 Å². The molecule has 0 aliphatic heterocycles. The van der Waals surface area contributed by atoms with Gasteiger partial charge in [0.2, 0.25) is 5.75 Å². The van der Waals surface area contributed by atoms with Gasteiger partial charge in [0, 0.05) is 18.2 Å². The first-order valence-electron chi connectivity index (χ1n) is 5.80. The van der Waals surface area contributed by atoms with Gasteiger partial charge in [-0.2, -0.15) is 0 Å². The third-order valence-corrected chi connectivity index (χ3v) is 2.88. The van der Waals surface area contributed by atoms with E-state index in [1.54, 1.807) is 21.3 Å². The van der Waals surface area contributed by atoms with Crippen molar-refractivity contribution in [1.82, 2.24) is 5.32 Å². The van der Waals surface area contributed by atoms with Crippen LogP contribution in [0.3, 0.4) is 0 Å². The summed E-state index contributed by atoms with van der Waals surface area (Å²) in [5, 5.41) is 12.2. The number of ether oxygens (including phenoxy) is 3. The fourth-order valence-electron chi connectivity index (χ4n) is 1.98. The third-order valence-electron chi connectivity index (χ3n) is 2.88. The Hall–Kier alpha value is -1.46. The van der Waals surface area contributed by atoms with E-state index in [9.17, 15) is 0 Å². The summed E-state index contributed by atoms with van der Waals surface area (Å²) < 4.78 is 16.0. The lowest BCUT2D eigenvalue weighted by molar-refractivity contribution is 0.265. The molecular formula is C13H21NO4. The Bertz CT molecular complexity index is 381. The van der Waals surface area contributed by atoms with E-state index in [1.807, 2.05) is 19.2 Å². The van der Waals surface area contributed by atoms with Crippen LogP contribution in [0.2, 0.25) is 0 Å². The van der Waals surface area contributed by atoms with Crippen molar-refractivity contribution in [3.8, 4) is 17.2 Å². The normalized spacial score (nSPS) is 12.1. The molecule has 1 unspecified atom stereocenters. The number of aliphatic hydroxyl groups is 1. The summed E-state index contributed by atoms with van der Waals surface area (Å²) in [6.45, 7) is 0.100. The van der Waals surface area contributed by atoms with Crippen molar-refractivity contribution in [2.45, 2.75) is 12.5 Å². The first-order chi connectivity index (χ1) is 8.73. The van der Waals surface area contributed by atoms with E-state index < -0.39 is 0 Å². The minimum absolute atomic E-state index is 0.00440. The molecule has 5 nitrogen and oxygen atoms in total. The van der Waals surface area contributed by atoms with Gasteiger partial charge < -0.3 is 24.6 Å². The standard InChI is InChI=1S/C13H21NO4/c1-14-10(7-8-15)9-5-6-11(16-2)13(18-4)12(9)17-3/h5-6,10,14-15H,7-8H2,1-4H3. The largest absolute Gasteiger partial charge is 0.493 e. The Kier molecular flexibility index (Phi) is 5.74. The number of hydrogen-bond donors (Lipinski definition) is 2. The van der Waals surface area contributed by atoms with Gasteiger partial charge in [-0.1, -0.05) is 0 Å². The molecule has 1 atom stereocenters. The maximum Gasteiger partial charge on any atom is 0.203 e. The molecule has 1 rings (SSSR count). The topological polar surface area (TPSA) is 60.0 Å². The van der Waals surface area contributed by atoms with Crippen molar-refractivity contribution in [2.75, 3.05) is 35.0 Å². The van der Waals surface area contributed by atoms with E-state index in [2.05, 4.69) is 5.32 Å². The molecule has 0 aliphatic rings. The van der Waals surface area contributed by atoms with Gasteiger partial charge in [-0.15, -0.1) is 0 Å². The molecule has 0 heterocycles. The summed E-state index contributed by atoms with van der Waals surface area (Å²) in [5.41, 5.74) is 0.937. The average Bonchev–Trinajstić information content (AvgIpc) is 2.42. The van der Waals surface area contributed by atoms with E-state index >= 15 is 0 Å². The van der Waals surface area contributed by atoms with Gasteiger partial charge in [0.15, 0.2) is 11.5 Å². The lowest BCUT2D eigenvalue weighted by Gasteiger charge is -2.21. The highest BCUT2D eigenvalue weighted by atomic mass is 16.5. The summed E-state index contributed by atoms with van der Waals surface area (Å²) in [4.78, 5) is 0. The molecule has 0 amide bonds. The highest BCUT2D eigenvalue weighted by Gasteiger charge is 2.20. The summed E-state index contributed by atoms with van der Waals surface area (Å²) in [6.07, 6.45) is 0.600. The number of nitrogens with one attached hydrogen (secondary N) is 1. The quantitative estimate of drug-likeness (QED) is 0.770. The molecule has 0 spiro atoms. The summed E-state index contributed by atoms with van der Waals surface area (Å²) in [7, 11) is 6.59. The highest BCUT2D eigenvalue weighted by molar-refractivity contribution is 5.56. The zero-order valence-electron chi connectivity index (χ0n) is 11.3. The Balaban J connectivity index is 3.26. The summed E-state index contributed by atoms with van der Waals surface area (Å²) in [6, 6.07) is 3.75. The van der Waals surface area contributed by atoms with Crippen LogP contribution >= 0.6 is 0 Å². The molecule has 0 fully saturated rings. The second-order valence-electron chi connectivity index (χ2n) is 3.78. The SMILES string of the molecule is CNC(CCO)c1ccc(OC)c(OC)c1OC. The molecule has 0 saturated heterocycles. The predicted octanol–water partition coefficient (Wildman–Crippen LogP) is 1.36. The lowest BCUT2D eigenvalue weighted by Crippen LogP contribution is -2.18. The van der Waals surface area contributed by atoms with Crippen LogP contribution in [0.5, 0.6) is 17.2 Å². The van der Waals surface area contributed by atoms with Crippen LogP contribution in [0, 0.1) is 0 Å². The van der Waals surface area contributed by atoms with Crippen LogP contribution in [0.1, 0.15) is 18.0 Å². The smallest absolute Gasteiger partial charge is 0.203 e. The highest BCUT2D eigenvalue weighted by Crippen LogP contribution is 2.42. The van der Waals surface area contributed by atoms with Crippen LogP contribution in [-0.2, 0) is 0 Å². The molecule has 1 aromatic rings. The van der Waals surface area contributed by atoms with E-state index in [-0.39, 0.29) is 12.6 Å². The number of hydrogen-bond acceptors (Lipinski definition) is 5. The molecule has 18 heavy (non-hydrogen) atoms. The minimum atomic E-state index is 0.00440. The molecule has 0 aliphatic carbocycles. The zero-order chi connectivity index (χ0) is 13.5. The predicted molar refractivity (Wildman–Crippen MR) is 69.6 cm³/mol. The van der Waals surface area contributed by atoms with Crippen molar-refractivity contribution in [1.29, 1.82) is 0 Å². The van der Waals surface area contributed by atoms with Crippen LogP contribution in [-0.4, -0.2) is 40.1 Å². The van der Waals surface area contributed by atoms with Gasteiger partial charge in [-0.3, -0.25) is 0 Å². The van der Waals surface area contributed by atoms with Gasteiger partial charge in [0.25, 0.3) is 0 Å². The second kappa shape index (κ2) is 7.08. The molecule has 0 aromatic heterocycles. The average molecular weight is 255 g/mol. The molecule has 0 bridgehead atoms. The number of aliphatic hydroxyl groups excluding tert-OH is 1. The Morgan fingerprint density at radius 3 is 2.22 bits per heavy atom. The monoisotopic (exact) mass is 255 g/mol. The van der Waals surface area contributed by atoms with Crippen molar-refractivity contribution in [3.05, 3.63) is 17.7 Å². The zero-order valence-corrected chi connectivity index (χ0v) is 11.3. The molecular weight excluding hydrogens is 234 g/mol. The number of rotatable bonds is 7.